The highest BCUT2D eigenvalue weighted by atomic mass is 16.3. The average molecular weight is 329 g/mol. The number of furan rings is 1. The first-order valence-corrected chi connectivity index (χ1v) is 7.47. The quantitative estimate of drug-likeness (QED) is 0.723. The van der Waals surface area contributed by atoms with Gasteiger partial charge in [0.1, 0.15) is 11.5 Å². The van der Waals surface area contributed by atoms with Crippen molar-refractivity contribution < 1.29 is 18.8 Å². The first-order chi connectivity index (χ1) is 11.5. The maximum Gasteiger partial charge on any atom is 0.273 e. The summed E-state index contributed by atoms with van der Waals surface area (Å²) < 4.78 is 5.25. The van der Waals surface area contributed by atoms with Crippen molar-refractivity contribution in [2.45, 2.75) is 20.3 Å². The van der Waals surface area contributed by atoms with Crippen LogP contribution in [0.2, 0.25) is 0 Å². The van der Waals surface area contributed by atoms with Crippen LogP contribution in [0.5, 0.6) is 0 Å². The normalized spacial score (nSPS) is 10.1. The minimum absolute atomic E-state index is 0.0439. The Morgan fingerprint density at radius 2 is 1.71 bits per heavy atom. The molecule has 7 heteroatoms. The van der Waals surface area contributed by atoms with E-state index < -0.39 is 11.8 Å². The van der Waals surface area contributed by atoms with Crippen LogP contribution in [-0.2, 0) is 4.79 Å². The fraction of sp³-hybridized carbons (Fsp3) is 0.235. The number of rotatable bonds is 5. The molecule has 1 heterocycles. The van der Waals surface area contributed by atoms with Crippen LogP contribution in [0, 0.1) is 13.8 Å². The number of hydrogen-bond acceptors (Lipinski definition) is 4. The number of benzene rings is 1. The molecule has 0 aliphatic carbocycles. The van der Waals surface area contributed by atoms with Crippen LogP contribution in [-0.4, -0.2) is 24.3 Å². The smallest absolute Gasteiger partial charge is 0.273 e. The first kappa shape index (κ1) is 17.3. The SMILES string of the molecule is Cc1cc(C(=O)NNC(=O)CCNC(=O)c2ccccc2)c(C)o1. The summed E-state index contributed by atoms with van der Waals surface area (Å²) in [5.41, 5.74) is 5.50. The Bertz CT molecular complexity index is 738. The summed E-state index contributed by atoms with van der Waals surface area (Å²) in [6, 6.07) is 10.3. The van der Waals surface area contributed by atoms with E-state index in [4.69, 9.17) is 4.42 Å². The van der Waals surface area contributed by atoms with E-state index in [1.807, 2.05) is 6.07 Å². The van der Waals surface area contributed by atoms with Crippen molar-refractivity contribution >= 4 is 17.7 Å². The minimum atomic E-state index is -0.453. The molecule has 7 nitrogen and oxygen atoms in total. The van der Waals surface area contributed by atoms with Crippen molar-refractivity contribution in [3.8, 4) is 0 Å². The zero-order chi connectivity index (χ0) is 17.5. The lowest BCUT2D eigenvalue weighted by atomic mass is 10.2. The highest BCUT2D eigenvalue weighted by Crippen LogP contribution is 2.12. The van der Waals surface area contributed by atoms with Crippen molar-refractivity contribution in [2.24, 2.45) is 0 Å². The number of nitrogens with one attached hydrogen (secondary N) is 3. The molecular formula is C17H19N3O4. The second kappa shape index (κ2) is 7.96. The van der Waals surface area contributed by atoms with Crippen LogP contribution < -0.4 is 16.2 Å². The lowest BCUT2D eigenvalue weighted by Crippen LogP contribution is -2.42. The number of hydrogen-bond donors (Lipinski definition) is 3. The van der Waals surface area contributed by atoms with Crippen LogP contribution in [0.3, 0.4) is 0 Å². The first-order valence-electron chi connectivity index (χ1n) is 7.47. The molecule has 0 atom stereocenters. The third kappa shape index (κ3) is 4.70. The Balaban J connectivity index is 1.71. The zero-order valence-electron chi connectivity index (χ0n) is 13.5. The molecule has 0 unspecified atom stereocenters. The second-order valence-electron chi connectivity index (χ2n) is 5.20. The molecule has 0 saturated heterocycles. The summed E-state index contributed by atoms with van der Waals surface area (Å²) in [5, 5.41) is 2.63. The van der Waals surface area contributed by atoms with Gasteiger partial charge in [-0.05, 0) is 32.0 Å². The van der Waals surface area contributed by atoms with Crippen LogP contribution in [0.25, 0.3) is 0 Å². The molecular weight excluding hydrogens is 310 g/mol. The van der Waals surface area contributed by atoms with E-state index >= 15 is 0 Å². The van der Waals surface area contributed by atoms with Gasteiger partial charge in [0.2, 0.25) is 5.91 Å². The van der Waals surface area contributed by atoms with Gasteiger partial charge in [0.05, 0.1) is 5.56 Å². The Morgan fingerprint density at radius 1 is 1.00 bits per heavy atom. The van der Waals surface area contributed by atoms with Crippen LogP contribution in [0.1, 0.15) is 38.7 Å². The van der Waals surface area contributed by atoms with Gasteiger partial charge in [-0.25, -0.2) is 0 Å². The van der Waals surface area contributed by atoms with Crippen molar-refractivity contribution in [2.75, 3.05) is 6.54 Å². The molecule has 2 aromatic rings. The fourth-order valence-corrected chi connectivity index (χ4v) is 2.09. The summed E-state index contributed by atoms with van der Waals surface area (Å²) in [5.74, 6) is -0.0143. The number of carbonyl (C=O) groups is 3. The van der Waals surface area contributed by atoms with E-state index in [0.29, 0.717) is 22.6 Å². The maximum absolute atomic E-state index is 11.9. The van der Waals surface area contributed by atoms with Gasteiger partial charge in [-0.1, -0.05) is 18.2 Å². The summed E-state index contributed by atoms with van der Waals surface area (Å²) in [7, 11) is 0. The monoisotopic (exact) mass is 329 g/mol. The molecule has 0 aliphatic heterocycles. The van der Waals surface area contributed by atoms with Crippen LogP contribution >= 0.6 is 0 Å². The van der Waals surface area contributed by atoms with Gasteiger partial charge in [-0.15, -0.1) is 0 Å². The highest BCUT2D eigenvalue weighted by Gasteiger charge is 2.14. The molecule has 0 saturated carbocycles. The Morgan fingerprint density at radius 3 is 2.33 bits per heavy atom. The maximum atomic E-state index is 11.9. The number of aryl methyl sites for hydroxylation is 2. The van der Waals surface area contributed by atoms with E-state index in [9.17, 15) is 14.4 Å². The third-order valence-corrected chi connectivity index (χ3v) is 3.27. The third-order valence-electron chi connectivity index (χ3n) is 3.27. The van der Waals surface area contributed by atoms with E-state index in [1.54, 1.807) is 44.2 Å². The summed E-state index contributed by atoms with van der Waals surface area (Å²) in [6.07, 6.45) is 0.0439. The lowest BCUT2D eigenvalue weighted by molar-refractivity contribution is -0.121. The molecule has 3 N–H and O–H groups in total. The average Bonchev–Trinajstić information content (AvgIpc) is 2.92. The molecule has 0 fully saturated rings. The lowest BCUT2D eigenvalue weighted by Gasteiger charge is -2.08. The predicted octanol–water partition coefficient (Wildman–Crippen LogP) is 1.48. The Hall–Kier alpha value is -3.09. The van der Waals surface area contributed by atoms with Crippen molar-refractivity contribution in [3.05, 3.63) is 59.0 Å². The molecule has 0 spiro atoms. The molecule has 1 aromatic heterocycles. The molecule has 1 aromatic carbocycles. The van der Waals surface area contributed by atoms with E-state index in [-0.39, 0.29) is 18.9 Å². The molecule has 24 heavy (non-hydrogen) atoms. The molecule has 3 amide bonds. The molecule has 0 radical (unpaired) electrons. The van der Waals surface area contributed by atoms with Gasteiger partial charge in [0.15, 0.2) is 0 Å². The topological polar surface area (TPSA) is 100 Å². The van der Waals surface area contributed by atoms with Crippen LogP contribution in [0.15, 0.2) is 40.8 Å². The van der Waals surface area contributed by atoms with Gasteiger partial charge in [-0.2, -0.15) is 0 Å². The summed E-state index contributed by atoms with van der Waals surface area (Å²) in [4.78, 5) is 35.4. The second-order valence-corrected chi connectivity index (χ2v) is 5.20. The summed E-state index contributed by atoms with van der Waals surface area (Å²) >= 11 is 0. The predicted molar refractivity (Wildman–Crippen MR) is 87.2 cm³/mol. The van der Waals surface area contributed by atoms with E-state index in [0.717, 1.165) is 0 Å². The number of carbonyl (C=O) groups excluding carboxylic acids is 3. The largest absolute Gasteiger partial charge is 0.466 e. The Labute approximate surface area is 139 Å². The van der Waals surface area contributed by atoms with Crippen molar-refractivity contribution in [3.63, 3.8) is 0 Å². The minimum Gasteiger partial charge on any atom is -0.466 e. The number of hydrazine groups is 1. The van der Waals surface area contributed by atoms with E-state index in [2.05, 4.69) is 16.2 Å². The summed E-state index contributed by atoms with van der Waals surface area (Å²) in [6.45, 7) is 3.57. The number of amides is 3. The standard InChI is InChI=1S/C17H19N3O4/c1-11-10-14(12(2)24-11)17(23)20-19-15(21)8-9-18-16(22)13-6-4-3-5-7-13/h3-7,10H,8-9H2,1-2H3,(H,18,22)(H,19,21)(H,20,23). The van der Waals surface area contributed by atoms with Gasteiger partial charge in [0, 0.05) is 18.5 Å². The van der Waals surface area contributed by atoms with Gasteiger partial charge < -0.3 is 9.73 Å². The molecule has 126 valence electrons. The van der Waals surface area contributed by atoms with Gasteiger partial charge >= 0.3 is 0 Å². The van der Waals surface area contributed by atoms with Crippen LogP contribution in [0.4, 0.5) is 0 Å². The highest BCUT2D eigenvalue weighted by molar-refractivity contribution is 5.96. The zero-order valence-corrected chi connectivity index (χ0v) is 13.5. The van der Waals surface area contributed by atoms with E-state index in [1.165, 1.54) is 0 Å². The van der Waals surface area contributed by atoms with Crippen molar-refractivity contribution in [1.82, 2.24) is 16.2 Å². The van der Waals surface area contributed by atoms with Crippen molar-refractivity contribution in [1.29, 1.82) is 0 Å². The van der Waals surface area contributed by atoms with Gasteiger partial charge in [0.25, 0.3) is 11.8 Å². The molecule has 2 rings (SSSR count). The van der Waals surface area contributed by atoms with Gasteiger partial charge in [-0.3, -0.25) is 25.2 Å². The fourth-order valence-electron chi connectivity index (χ4n) is 2.09. The molecule has 0 aliphatic rings. The molecule has 0 bridgehead atoms. The Kier molecular flexibility index (Phi) is 5.73.